The van der Waals surface area contributed by atoms with Crippen molar-refractivity contribution in [1.29, 1.82) is 0 Å². The highest BCUT2D eigenvalue weighted by Crippen LogP contribution is 2.32. The van der Waals surface area contributed by atoms with Crippen LogP contribution in [0.4, 0.5) is 8.78 Å². The second kappa shape index (κ2) is 6.33. The molecule has 0 amide bonds. The molecule has 0 spiro atoms. The van der Waals surface area contributed by atoms with Gasteiger partial charge in [0.2, 0.25) is 0 Å². The van der Waals surface area contributed by atoms with E-state index >= 15 is 0 Å². The van der Waals surface area contributed by atoms with E-state index in [9.17, 15) is 13.9 Å². The van der Waals surface area contributed by atoms with Crippen molar-refractivity contribution < 1.29 is 18.6 Å². The Labute approximate surface area is 124 Å². The molecule has 2 nitrogen and oxygen atoms in total. The summed E-state index contributed by atoms with van der Waals surface area (Å²) in [7, 11) is 1.40. The molecule has 0 heterocycles. The molecule has 2 aromatic carbocycles. The summed E-state index contributed by atoms with van der Waals surface area (Å²) < 4.78 is 31.9. The van der Waals surface area contributed by atoms with Crippen molar-refractivity contribution in [3.05, 3.63) is 63.6 Å². The maximum absolute atomic E-state index is 13.4. The highest BCUT2D eigenvalue weighted by Gasteiger charge is 2.17. The van der Waals surface area contributed by atoms with Gasteiger partial charge in [-0.25, -0.2) is 8.78 Å². The van der Waals surface area contributed by atoms with Crippen LogP contribution in [-0.2, 0) is 6.42 Å². The van der Waals surface area contributed by atoms with Gasteiger partial charge < -0.3 is 9.84 Å². The number of halogens is 3. The Morgan fingerprint density at radius 1 is 1.25 bits per heavy atom. The van der Waals surface area contributed by atoms with Crippen LogP contribution in [0.5, 0.6) is 5.75 Å². The van der Waals surface area contributed by atoms with Crippen molar-refractivity contribution in [1.82, 2.24) is 0 Å². The number of ether oxygens (including phenoxy) is 1. The Balaban J connectivity index is 2.29. The molecule has 5 heteroatoms. The predicted molar refractivity (Wildman–Crippen MR) is 75.7 cm³/mol. The normalized spacial score (nSPS) is 12.2. The number of hydrogen-bond acceptors (Lipinski definition) is 2. The van der Waals surface area contributed by atoms with Crippen LogP contribution >= 0.6 is 15.9 Å². The van der Waals surface area contributed by atoms with Crippen molar-refractivity contribution in [2.24, 2.45) is 0 Å². The molecule has 0 radical (unpaired) electrons. The third-order valence-electron chi connectivity index (χ3n) is 2.95. The van der Waals surface area contributed by atoms with Crippen LogP contribution in [0.3, 0.4) is 0 Å². The maximum atomic E-state index is 13.4. The Morgan fingerprint density at radius 3 is 2.65 bits per heavy atom. The van der Waals surface area contributed by atoms with E-state index in [1.807, 2.05) is 0 Å². The first-order valence-electron chi connectivity index (χ1n) is 5.96. The van der Waals surface area contributed by atoms with Gasteiger partial charge in [-0.3, -0.25) is 0 Å². The fourth-order valence-electron chi connectivity index (χ4n) is 1.98. The molecule has 1 N–H and O–H groups in total. The summed E-state index contributed by atoms with van der Waals surface area (Å²) >= 11 is 3.07. The lowest BCUT2D eigenvalue weighted by Gasteiger charge is -2.16. The molecule has 106 valence electrons. The lowest BCUT2D eigenvalue weighted by atomic mass is 10.0. The molecule has 1 atom stereocenters. The van der Waals surface area contributed by atoms with E-state index in [2.05, 4.69) is 15.9 Å². The van der Waals surface area contributed by atoms with Crippen LogP contribution in [-0.4, -0.2) is 12.2 Å². The number of rotatable bonds is 4. The molecular formula is C15H13BrF2O2. The summed E-state index contributed by atoms with van der Waals surface area (Å²) in [6, 6.07) is 8.66. The molecule has 0 aliphatic heterocycles. The van der Waals surface area contributed by atoms with Gasteiger partial charge in [0.15, 0.2) is 0 Å². The molecule has 0 saturated heterocycles. The molecule has 0 aromatic heterocycles. The van der Waals surface area contributed by atoms with Crippen molar-refractivity contribution in [3.63, 3.8) is 0 Å². The third kappa shape index (κ3) is 3.35. The second-order valence-electron chi connectivity index (χ2n) is 4.36. The molecule has 0 aliphatic carbocycles. The van der Waals surface area contributed by atoms with Crippen LogP contribution in [0.2, 0.25) is 0 Å². The van der Waals surface area contributed by atoms with Crippen LogP contribution < -0.4 is 4.74 Å². The van der Waals surface area contributed by atoms with Crippen LogP contribution in [0.1, 0.15) is 17.2 Å². The van der Waals surface area contributed by atoms with E-state index in [-0.39, 0.29) is 22.5 Å². The lowest BCUT2D eigenvalue weighted by Crippen LogP contribution is -2.05. The summed E-state index contributed by atoms with van der Waals surface area (Å²) in [6.07, 6.45) is -0.699. The van der Waals surface area contributed by atoms with Gasteiger partial charge in [-0.15, -0.1) is 0 Å². The topological polar surface area (TPSA) is 29.5 Å². The van der Waals surface area contributed by atoms with E-state index in [4.69, 9.17) is 4.74 Å². The van der Waals surface area contributed by atoms with E-state index in [1.165, 1.54) is 31.4 Å². The molecule has 2 aromatic rings. The SMILES string of the molecule is COc1cc(F)c(Br)cc1C(O)Cc1cccc(F)c1. The van der Waals surface area contributed by atoms with E-state index < -0.39 is 11.9 Å². The summed E-state index contributed by atoms with van der Waals surface area (Å²) in [4.78, 5) is 0. The first-order chi connectivity index (χ1) is 9.51. The molecule has 0 bridgehead atoms. The van der Waals surface area contributed by atoms with Crippen molar-refractivity contribution in [3.8, 4) is 5.75 Å². The van der Waals surface area contributed by atoms with Gasteiger partial charge in [0.05, 0.1) is 17.7 Å². The molecule has 1 unspecified atom stereocenters. The van der Waals surface area contributed by atoms with Gasteiger partial charge in [0.25, 0.3) is 0 Å². The standard InChI is InChI=1S/C15H13BrF2O2/c1-20-15-8-13(18)12(16)7-11(15)14(19)6-9-3-2-4-10(17)5-9/h2-5,7-8,14,19H,6H2,1H3. The number of aliphatic hydroxyl groups excluding tert-OH is 1. The molecule has 2 rings (SSSR count). The maximum Gasteiger partial charge on any atom is 0.141 e. The van der Waals surface area contributed by atoms with Crippen molar-refractivity contribution >= 4 is 15.9 Å². The summed E-state index contributed by atoms with van der Waals surface area (Å²) in [6.45, 7) is 0. The summed E-state index contributed by atoms with van der Waals surface area (Å²) in [5.74, 6) is -0.569. The van der Waals surface area contributed by atoms with Gasteiger partial charge in [-0.2, -0.15) is 0 Å². The minimum absolute atomic E-state index is 0.214. The van der Waals surface area contributed by atoms with Crippen LogP contribution in [0.25, 0.3) is 0 Å². The molecule has 20 heavy (non-hydrogen) atoms. The third-order valence-corrected chi connectivity index (χ3v) is 3.56. The Morgan fingerprint density at radius 2 is 2.00 bits per heavy atom. The average molecular weight is 343 g/mol. The second-order valence-corrected chi connectivity index (χ2v) is 5.21. The summed E-state index contributed by atoms with van der Waals surface area (Å²) in [5.41, 5.74) is 1.10. The smallest absolute Gasteiger partial charge is 0.141 e. The van der Waals surface area contributed by atoms with E-state index in [1.54, 1.807) is 12.1 Å². The molecule has 0 aliphatic rings. The minimum atomic E-state index is -0.913. The molecule has 0 saturated carbocycles. The number of benzene rings is 2. The Kier molecular flexibility index (Phi) is 4.73. The lowest BCUT2D eigenvalue weighted by molar-refractivity contribution is 0.173. The summed E-state index contributed by atoms with van der Waals surface area (Å²) in [5, 5.41) is 10.2. The van der Waals surface area contributed by atoms with Gasteiger partial charge in [-0.1, -0.05) is 12.1 Å². The largest absolute Gasteiger partial charge is 0.496 e. The zero-order chi connectivity index (χ0) is 14.7. The predicted octanol–water partition coefficient (Wildman–Crippen LogP) is 4.01. The number of methoxy groups -OCH3 is 1. The minimum Gasteiger partial charge on any atom is -0.496 e. The molecular weight excluding hydrogens is 330 g/mol. The van der Waals surface area contributed by atoms with Crippen molar-refractivity contribution in [2.75, 3.05) is 7.11 Å². The first-order valence-corrected chi connectivity index (χ1v) is 6.76. The van der Waals surface area contributed by atoms with E-state index in [0.29, 0.717) is 11.1 Å². The highest BCUT2D eigenvalue weighted by atomic mass is 79.9. The zero-order valence-electron chi connectivity index (χ0n) is 10.7. The fourth-order valence-corrected chi connectivity index (χ4v) is 2.34. The fraction of sp³-hybridized carbons (Fsp3) is 0.200. The Bertz CT molecular complexity index is 617. The van der Waals surface area contributed by atoms with Gasteiger partial charge in [0, 0.05) is 18.1 Å². The average Bonchev–Trinajstić information content (AvgIpc) is 2.41. The molecule has 0 fully saturated rings. The quantitative estimate of drug-likeness (QED) is 0.909. The monoisotopic (exact) mass is 342 g/mol. The van der Waals surface area contributed by atoms with Crippen LogP contribution in [0, 0.1) is 11.6 Å². The van der Waals surface area contributed by atoms with Crippen molar-refractivity contribution in [2.45, 2.75) is 12.5 Å². The number of aliphatic hydroxyl groups is 1. The van der Waals surface area contributed by atoms with E-state index in [0.717, 1.165) is 0 Å². The van der Waals surface area contributed by atoms with Gasteiger partial charge >= 0.3 is 0 Å². The highest BCUT2D eigenvalue weighted by molar-refractivity contribution is 9.10. The first kappa shape index (κ1) is 14.9. The van der Waals surface area contributed by atoms with Gasteiger partial charge in [0.1, 0.15) is 17.4 Å². The van der Waals surface area contributed by atoms with Crippen LogP contribution in [0.15, 0.2) is 40.9 Å². The van der Waals surface area contributed by atoms with Gasteiger partial charge in [-0.05, 0) is 39.7 Å². The number of hydrogen-bond donors (Lipinski definition) is 1. The Hall–Kier alpha value is -1.46. The zero-order valence-corrected chi connectivity index (χ0v) is 12.3.